The average Bonchev–Trinajstić information content (AvgIpc) is 1.87. The summed E-state index contributed by atoms with van der Waals surface area (Å²) in [4.78, 5) is 8.25. The van der Waals surface area contributed by atoms with Gasteiger partial charge < -0.3 is 15.3 Å². The third-order valence-corrected chi connectivity index (χ3v) is 0.985. The maximum atomic E-state index is 8.25. The van der Waals surface area contributed by atoms with Crippen molar-refractivity contribution in [3.05, 3.63) is 50.7 Å². The molecule has 0 heterocycles. The molecule has 0 aliphatic carbocycles. The van der Waals surface area contributed by atoms with E-state index in [1.807, 2.05) is 30.3 Å². The first-order valence-corrected chi connectivity index (χ1v) is 3.03. The summed E-state index contributed by atoms with van der Waals surface area (Å²) in [5.74, 6) is 0. The summed E-state index contributed by atoms with van der Waals surface area (Å²) in [6, 6.07) is 9.44. The van der Waals surface area contributed by atoms with E-state index in [2.05, 4.69) is 0 Å². The van der Waals surface area contributed by atoms with Gasteiger partial charge in [0.05, 0.1) is 5.09 Å². The molecule has 0 amide bonds. The van der Waals surface area contributed by atoms with E-state index in [4.69, 9.17) is 26.9 Å². The molecule has 60 valence electrons. The predicted molar refractivity (Wildman–Crippen MR) is 41.8 cm³/mol. The van der Waals surface area contributed by atoms with Crippen molar-refractivity contribution in [2.75, 3.05) is 0 Å². The SMILES string of the molecule is Clc1ccccc1.O=[N+]([O-])[O-]. The molecule has 0 N–H and O–H groups in total. The van der Waals surface area contributed by atoms with Crippen molar-refractivity contribution in [3.63, 3.8) is 0 Å². The molecule has 0 atom stereocenters. The Morgan fingerprint density at radius 2 is 1.55 bits per heavy atom. The van der Waals surface area contributed by atoms with Gasteiger partial charge in [0.1, 0.15) is 0 Å². The summed E-state index contributed by atoms with van der Waals surface area (Å²) >= 11 is 5.54. The second-order valence-corrected chi connectivity index (χ2v) is 1.96. The fourth-order valence-electron chi connectivity index (χ4n) is 0.415. The van der Waals surface area contributed by atoms with Crippen LogP contribution in [0.25, 0.3) is 0 Å². The molecule has 0 aromatic heterocycles. The summed E-state index contributed by atoms with van der Waals surface area (Å²) in [5, 5.41) is 15.5. The number of nitrogens with zero attached hydrogens (tertiary/aromatic N) is 1. The lowest BCUT2D eigenvalue weighted by Crippen LogP contribution is -1.74. The minimum atomic E-state index is -1.75. The Kier molecular flexibility index (Phi) is 4.85. The van der Waals surface area contributed by atoms with Gasteiger partial charge in [0.2, 0.25) is 0 Å². The number of halogens is 1. The first kappa shape index (κ1) is 9.71. The predicted octanol–water partition coefficient (Wildman–Crippen LogP) is 2.10. The van der Waals surface area contributed by atoms with Gasteiger partial charge in [0.15, 0.2) is 0 Å². The third-order valence-electron chi connectivity index (χ3n) is 0.733. The lowest BCUT2D eigenvalue weighted by molar-refractivity contribution is -0.402. The second kappa shape index (κ2) is 5.49. The van der Waals surface area contributed by atoms with Crippen molar-refractivity contribution in [2.45, 2.75) is 0 Å². The molecule has 0 saturated carbocycles. The molecule has 0 spiro atoms. The molecule has 5 heteroatoms. The fraction of sp³-hybridized carbons (Fsp3) is 0. The van der Waals surface area contributed by atoms with Crippen LogP contribution in [0, 0.1) is 15.3 Å². The standard InChI is InChI=1S/C6H5Cl.NO3/c7-6-4-2-1-3-5-6;2-1(3)4/h1-5H;/q;-1. The summed E-state index contributed by atoms with van der Waals surface area (Å²) in [6.07, 6.45) is 0. The average molecular weight is 175 g/mol. The largest absolute Gasteiger partial charge is 0.356 e. The molecule has 1 aromatic carbocycles. The van der Waals surface area contributed by atoms with Gasteiger partial charge in [-0.1, -0.05) is 29.8 Å². The van der Waals surface area contributed by atoms with Gasteiger partial charge in [-0.2, -0.15) is 0 Å². The quantitative estimate of drug-likeness (QED) is 0.447. The normalized spacial score (nSPS) is 7.73. The highest BCUT2D eigenvalue weighted by atomic mass is 35.5. The topological polar surface area (TPSA) is 66.2 Å². The molecule has 0 fully saturated rings. The van der Waals surface area contributed by atoms with E-state index in [1.165, 1.54) is 0 Å². The zero-order valence-corrected chi connectivity index (χ0v) is 6.19. The van der Waals surface area contributed by atoms with Gasteiger partial charge in [0.25, 0.3) is 0 Å². The highest BCUT2D eigenvalue weighted by molar-refractivity contribution is 6.30. The summed E-state index contributed by atoms with van der Waals surface area (Å²) < 4.78 is 0. The van der Waals surface area contributed by atoms with Crippen LogP contribution < -0.4 is 0 Å². The zero-order valence-electron chi connectivity index (χ0n) is 5.44. The van der Waals surface area contributed by atoms with Crippen molar-refractivity contribution in [2.24, 2.45) is 0 Å². The van der Waals surface area contributed by atoms with Crippen LogP contribution in [0.1, 0.15) is 0 Å². The maximum absolute atomic E-state index is 8.25. The Labute approximate surface area is 68.1 Å². The monoisotopic (exact) mass is 174 g/mol. The fourth-order valence-corrected chi connectivity index (χ4v) is 0.560. The van der Waals surface area contributed by atoms with E-state index >= 15 is 0 Å². The van der Waals surface area contributed by atoms with Gasteiger partial charge in [-0.15, -0.1) is 0 Å². The maximum Gasteiger partial charge on any atom is 0.0689 e. The molecule has 0 aliphatic heterocycles. The van der Waals surface area contributed by atoms with E-state index in [-0.39, 0.29) is 0 Å². The van der Waals surface area contributed by atoms with Crippen LogP contribution in [0.4, 0.5) is 0 Å². The van der Waals surface area contributed by atoms with Crippen LogP contribution in [-0.2, 0) is 0 Å². The first-order chi connectivity index (χ1) is 5.13. The van der Waals surface area contributed by atoms with Crippen LogP contribution in [-0.4, -0.2) is 5.09 Å². The van der Waals surface area contributed by atoms with Gasteiger partial charge in [0, 0.05) is 5.02 Å². The highest BCUT2D eigenvalue weighted by Crippen LogP contribution is 2.03. The van der Waals surface area contributed by atoms with E-state index in [1.54, 1.807) is 0 Å². The van der Waals surface area contributed by atoms with Crippen LogP contribution in [0.2, 0.25) is 5.02 Å². The molecule has 0 saturated heterocycles. The van der Waals surface area contributed by atoms with E-state index in [9.17, 15) is 0 Å². The molecule has 1 rings (SSSR count). The lowest BCUT2D eigenvalue weighted by Gasteiger charge is -1.80. The number of hydrogen-bond acceptors (Lipinski definition) is 3. The zero-order chi connectivity index (χ0) is 8.69. The molecule has 4 nitrogen and oxygen atoms in total. The van der Waals surface area contributed by atoms with E-state index in [0.29, 0.717) is 0 Å². The number of hydrogen-bond donors (Lipinski definition) is 0. The van der Waals surface area contributed by atoms with Crippen molar-refractivity contribution < 1.29 is 5.09 Å². The summed E-state index contributed by atoms with van der Waals surface area (Å²) in [5.41, 5.74) is 0. The van der Waals surface area contributed by atoms with Crippen LogP contribution in [0.3, 0.4) is 0 Å². The highest BCUT2D eigenvalue weighted by Gasteiger charge is 1.74. The minimum absolute atomic E-state index is 0.794. The molecule has 1 aromatic rings. The Hall–Kier alpha value is -1.29. The Bertz CT molecular complexity index is 210. The van der Waals surface area contributed by atoms with Crippen LogP contribution >= 0.6 is 11.6 Å². The molecular weight excluding hydrogens is 170 g/mol. The molecule has 0 aliphatic rings. The minimum Gasteiger partial charge on any atom is -0.356 e. The molecule has 0 radical (unpaired) electrons. The van der Waals surface area contributed by atoms with Gasteiger partial charge >= 0.3 is 0 Å². The lowest BCUT2D eigenvalue weighted by atomic mass is 10.4. The molecule has 0 bridgehead atoms. The Morgan fingerprint density at radius 1 is 1.18 bits per heavy atom. The number of benzene rings is 1. The van der Waals surface area contributed by atoms with E-state index < -0.39 is 5.09 Å². The number of rotatable bonds is 0. The van der Waals surface area contributed by atoms with Gasteiger partial charge in [-0.3, -0.25) is 0 Å². The summed E-state index contributed by atoms with van der Waals surface area (Å²) in [7, 11) is 0. The smallest absolute Gasteiger partial charge is 0.0689 e. The molecule has 0 unspecified atom stereocenters. The Morgan fingerprint density at radius 3 is 1.73 bits per heavy atom. The van der Waals surface area contributed by atoms with Gasteiger partial charge in [-0.05, 0) is 12.1 Å². The summed E-state index contributed by atoms with van der Waals surface area (Å²) in [6.45, 7) is 0. The van der Waals surface area contributed by atoms with Crippen LogP contribution in [0.5, 0.6) is 0 Å². The van der Waals surface area contributed by atoms with E-state index in [0.717, 1.165) is 5.02 Å². The second-order valence-electron chi connectivity index (χ2n) is 1.52. The molecular formula is C6H5ClNO3-. The first-order valence-electron chi connectivity index (χ1n) is 2.65. The van der Waals surface area contributed by atoms with Crippen LogP contribution in [0.15, 0.2) is 30.3 Å². The van der Waals surface area contributed by atoms with Gasteiger partial charge in [-0.25, -0.2) is 0 Å². The third kappa shape index (κ3) is 8.71. The van der Waals surface area contributed by atoms with Crippen molar-refractivity contribution in [3.8, 4) is 0 Å². The molecule has 11 heavy (non-hydrogen) atoms. The Balaban J connectivity index is 0.000000218. The van der Waals surface area contributed by atoms with Crippen molar-refractivity contribution in [1.82, 2.24) is 0 Å². The van der Waals surface area contributed by atoms with Crippen molar-refractivity contribution in [1.29, 1.82) is 0 Å². The van der Waals surface area contributed by atoms with Crippen molar-refractivity contribution >= 4 is 11.6 Å².